The molecule has 0 saturated carbocycles. The van der Waals surface area contributed by atoms with Crippen LogP contribution in [0.2, 0.25) is 0 Å². The van der Waals surface area contributed by atoms with Gasteiger partial charge in [0.1, 0.15) is 0 Å². The van der Waals surface area contributed by atoms with Crippen molar-refractivity contribution in [3.05, 3.63) is 42.5 Å². The average Bonchev–Trinajstić information content (AvgIpc) is 2.36. The molecule has 0 spiro atoms. The van der Waals surface area contributed by atoms with Crippen molar-refractivity contribution in [1.29, 1.82) is 0 Å². The topological polar surface area (TPSA) is 75.6 Å². The van der Waals surface area contributed by atoms with Crippen LogP contribution >= 0.6 is 0 Å². The van der Waals surface area contributed by atoms with Crippen LogP contribution in [0, 0.1) is 0 Å². The van der Waals surface area contributed by atoms with Gasteiger partial charge < -0.3 is 15.2 Å². The first-order chi connectivity index (χ1) is 8.54. The molecular formula is C13H15NO4. The van der Waals surface area contributed by atoms with E-state index in [1.807, 2.05) is 0 Å². The lowest BCUT2D eigenvalue weighted by Crippen LogP contribution is -2.23. The fourth-order valence-corrected chi connectivity index (χ4v) is 1.19. The highest BCUT2D eigenvalue weighted by atomic mass is 16.6. The molecule has 5 heteroatoms. The van der Waals surface area contributed by atoms with E-state index in [0.29, 0.717) is 12.1 Å². The average molecular weight is 249 g/mol. The summed E-state index contributed by atoms with van der Waals surface area (Å²) in [5.41, 5.74) is 1.16. The molecule has 1 atom stereocenters. The number of anilines is 1. The first-order valence-electron chi connectivity index (χ1n) is 5.43. The zero-order chi connectivity index (χ0) is 13.5. The van der Waals surface area contributed by atoms with Crippen LogP contribution in [0.1, 0.15) is 17.3 Å². The van der Waals surface area contributed by atoms with Gasteiger partial charge in [0.15, 0.2) is 6.10 Å². The van der Waals surface area contributed by atoms with Crippen LogP contribution < -0.4 is 5.32 Å². The molecule has 5 nitrogen and oxygen atoms in total. The Labute approximate surface area is 105 Å². The summed E-state index contributed by atoms with van der Waals surface area (Å²) in [6.07, 6.45) is 0.563. The Bertz CT molecular complexity index is 439. The minimum atomic E-state index is -1.17. The summed E-state index contributed by atoms with van der Waals surface area (Å²) in [5, 5.41) is 11.7. The van der Waals surface area contributed by atoms with Gasteiger partial charge in [-0.25, -0.2) is 9.59 Å². The van der Waals surface area contributed by atoms with Crippen molar-refractivity contribution in [2.24, 2.45) is 0 Å². The van der Waals surface area contributed by atoms with Gasteiger partial charge in [-0.3, -0.25) is 0 Å². The van der Waals surface area contributed by atoms with E-state index in [2.05, 4.69) is 11.9 Å². The van der Waals surface area contributed by atoms with E-state index < -0.39 is 18.0 Å². The number of carboxylic acids is 1. The third-order valence-electron chi connectivity index (χ3n) is 2.20. The summed E-state index contributed by atoms with van der Waals surface area (Å²) in [6.45, 7) is 5.51. The zero-order valence-electron chi connectivity index (χ0n) is 10.1. The molecule has 0 saturated heterocycles. The van der Waals surface area contributed by atoms with Crippen molar-refractivity contribution in [2.75, 3.05) is 11.9 Å². The van der Waals surface area contributed by atoms with E-state index in [4.69, 9.17) is 9.84 Å². The Balaban J connectivity index is 2.64. The van der Waals surface area contributed by atoms with Gasteiger partial charge >= 0.3 is 11.9 Å². The van der Waals surface area contributed by atoms with Gasteiger partial charge in [-0.2, -0.15) is 0 Å². The molecule has 0 aliphatic carbocycles. The monoisotopic (exact) mass is 249 g/mol. The van der Waals surface area contributed by atoms with Crippen molar-refractivity contribution < 1.29 is 19.4 Å². The predicted molar refractivity (Wildman–Crippen MR) is 67.6 cm³/mol. The highest BCUT2D eigenvalue weighted by Gasteiger charge is 2.17. The van der Waals surface area contributed by atoms with Gasteiger partial charge in [-0.1, -0.05) is 6.08 Å². The molecule has 0 aromatic heterocycles. The lowest BCUT2D eigenvalue weighted by molar-refractivity contribution is -0.146. The van der Waals surface area contributed by atoms with Gasteiger partial charge in [0.2, 0.25) is 0 Å². The molecule has 0 aliphatic rings. The fourth-order valence-electron chi connectivity index (χ4n) is 1.19. The van der Waals surface area contributed by atoms with E-state index in [1.165, 1.54) is 6.92 Å². The SMILES string of the molecule is C=CCNc1ccc(C(=O)OC(C)C(=O)O)cc1. The predicted octanol–water partition coefficient (Wildman–Crippen LogP) is 1.91. The van der Waals surface area contributed by atoms with Crippen LogP contribution in [0.25, 0.3) is 0 Å². The van der Waals surface area contributed by atoms with Gasteiger partial charge in [-0.05, 0) is 31.2 Å². The Morgan fingerprint density at radius 2 is 2.06 bits per heavy atom. The molecule has 0 radical (unpaired) electrons. The Morgan fingerprint density at radius 3 is 2.56 bits per heavy atom. The molecule has 18 heavy (non-hydrogen) atoms. The van der Waals surface area contributed by atoms with Crippen LogP contribution in [0.15, 0.2) is 36.9 Å². The summed E-state index contributed by atoms with van der Waals surface area (Å²) in [4.78, 5) is 22.1. The molecule has 0 aliphatic heterocycles. The van der Waals surface area contributed by atoms with E-state index in [9.17, 15) is 9.59 Å². The smallest absolute Gasteiger partial charge is 0.344 e. The third kappa shape index (κ3) is 3.93. The number of carbonyl (C=O) groups excluding carboxylic acids is 1. The number of carbonyl (C=O) groups is 2. The second kappa shape index (κ2) is 6.44. The van der Waals surface area contributed by atoms with Crippen LogP contribution in [0.3, 0.4) is 0 Å². The molecule has 96 valence electrons. The summed E-state index contributed by atoms with van der Waals surface area (Å²) in [7, 11) is 0. The highest BCUT2D eigenvalue weighted by Crippen LogP contribution is 2.11. The van der Waals surface area contributed by atoms with Crippen molar-refractivity contribution in [3.63, 3.8) is 0 Å². The van der Waals surface area contributed by atoms with Gasteiger partial charge in [0, 0.05) is 12.2 Å². The minimum Gasteiger partial charge on any atom is -0.479 e. The zero-order valence-corrected chi connectivity index (χ0v) is 10.1. The summed E-state index contributed by atoms with van der Waals surface area (Å²) >= 11 is 0. The number of carboxylic acid groups (broad SMARTS) is 1. The van der Waals surface area contributed by atoms with Crippen LogP contribution in [-0.4, -0.2) is 29.7 Å². The number of ether oxygens (including phenoxy) is 1. The molecule has 1 unspecified atom stereocenters. The number of benzene rings is 1. The quantitative estimate of drug-likeness (QED) is 0.595. The van der Waals surface area contributed by atoms with Crippen LogP contribution in [-0.2, 0) is 9.53 Å². The highest BCUT2D eigenvalue weighted by molar-refractivity contribution is 5.91. The lowest BCUT2D eigenvalue weighted by atomic mass is 10.2. The maximum Gasteiger partial charge on any atom is 0.344 e. The molecule has 0 fully saturated rings. The van der Waals surface area contributed by atoms with Crippen LogP contribution in [0.4, 0.5) is 5.69 Å². The molecular weight excluding hydrogens is 234 g/mol. The van der Waals surface area contributed by atoms with Crippen LogP contribution in [0.5, 0.6) is 0 Å². The van der Waals surface area contributed by atoms with Gasteiger partial charge in [0.05, 0.1) is 5.56 Å². The lowest BCUT2D eigenvalue weighted by Gasteiger charge is -2.09. The summed E-state index contributed by atoms with van der Waals surface area (Å²) in [6, 6.07) is 6.57. The number of esters is 1. The second-order valence-corrected chi connectivity index (χ2v) is 3.63. The van der Waals surface area contributed by atoms with E-state index in [-0.39, 0.29) is 0 Å². The Kier molecular flexibility index (Phi) is 4.92. The van der Waals surface area contributed by atoms with Crippen molar-refractivity contribution in [1.82, 2.24) is 0 Å². The number of rotatable bonds is 6. The summed E-state index contributed by atoms with van der Waals surface area (Å²) < 4.78 is 4.74. The van der Waals surface area contributed by atoms with Crippen molar-refractivity contribution in [3.8, 4) is 0 Å². The maximum atomic E-state index is 11.6. The maximum absolute atomic E-state index is 11.6. The van der Waals surface area contributed by atoms with Crippen molar-refractivity contribution in [2.45, 2.75) is 13.0 Å². The Morgan fingerprint density at radius 1 is 1.44 bits per heavy atom. The molecule has 0 bridgehead atoms. The second-order valence-electron chi connectivity index (χ2n) is 3.63. The molecule has 1 aromatic carbocycles. The molecule has 2 N–H and O–H groups in total. The fraction of sp³-hybridized carbons (Fsp3) is 0.231. The molecule has 0 heterocycles. The largest absolute Gasteiger partial charge is 0.479 e. The normalized spacial score (nSPS) is 11.4. The number of aliphatic carboxylic acids is 1. The number of nitrogens with one attached hydrogen (secondary N) is 1. The van der Waals surface area contributed by atoms with Gasteiger partial charge in [0.25, 0.3) is 0 Å². The van der Waals surface area contributed by atoms with Gasteiger partial charge in [-0.15, -0.1) is 6.58 Å². The summed E-state index contributed by atoms with van der Waals surface area (Å²) in [5.74, 6) is -1.83. The number of hydrogen-bond acceptors (Lipinski definition) is 4. The standard InChI is InChI=1S/C13H15NO4/c1-3-8-14-11-6-4-10(5-7-11)13(17)18-9(2)12(15)16/h3-7,9,14H,1,8H2,2H3,(H,15,16). The first kappa shape index (κ1) is 13.8. The molecule has 0 amide bonds. The van der Waals surface area contributed by atoms with E-state index in [1.54, 1.807) is 30.3 Å². The minimum absolute atomic E-state index is 0.312. The first-order valence-corrected chi connectivity index (χ1v) is 5.43. The third-order valence-corrected chi connectivity index (χ3v) is 2.20. The molecule has 1 rings (SSSR count). The Hall–Kier alpha value is -2.30. The molecule has 1 aromatic rings. The van der Waals surface area contributed by atoms with E-state index >= 15 is 0 Å². The van der Waals surface area contributed by atoms with Crippen molar-refractivity contribution >= 4 is 17.6 Å². The van der Waals surface area contributed by atoms with E-state index in [0.717, 1.165) is 5.69 Å². The number of hydrogen-bond donors (Lipinski definition) is 2.